The van der Waals surface area contributed by atoms with Crippen LogP contribution in [0.1, 0.15) is 110 Å². The minimum absolute atomic E-state index is 0.170. The smallest absolute Gasteiger partial charge is 0.0925 e. The molecule has 1 aliphatic heterocycles. The second kappa shape index (κ2) is 15.2. The quantitative estimate of drug-likeness (QED) is 0.322. The molecule has 1 fully saturated rings. The normalized spacial score (nSPS) is 16.8. The van der Waals surface area contributed by atoms with Gasteiger partial charge in [0.2, 0.25) is 0 Å². The third-order valence-corrected chi connectivity index (χ3v) is 5.53. The van der Waals surface area contributed by atoms with E-state index in [0.29, 0.717) is 0 Å². The van der Waals surface area contributed by atoms with Crippen molar-refractivity contribution in [3.63, 3.8) is 0 Å². The maximum Gasteiger partial charge on any atom is 0.0925 e. The number of hydrogen-bond donors (Lipinski definition) is 3. The number of hydrogen-bond acceptors (Lipinski definition) is 3. The molecule has 0 unspecified atom stereocenters. The molecule has 1 rings (SSSR count). The van der Waals surface area contributed by atoms with E-state index in [9.17, 15) is 5.11 Å². The third kappa shape index (κ3) is 10.7. The van der Waals surface area contributed by atoms with Crippen LogP contribution in [-0.2, 0) is 0 Å². The molecule has 1 saturated heterocycles. The van der Waals surface area contributed by atoms with Gasteiger partial charge in [-0.15, -0.1) is 0 Å². The number of nitrogens with one attached hydrogen (secondary N) is 2. The minimum Gasteiger partial charge on any atom is -0.393 e. The molecule has 1 aliphatic rings. The van der Waals surface area contributed by atoms with Crippen LogP contribution in [0.15, 0.2) is 0 Å². The highest BCUT2D eigenvalue weighted by atomic mass is 16.3. The van der Waals surface area contributed by atoms with Gasteiger partial charge in [-0.05, 0) is 6.42 Å². The molecule has 24 heavy (non-hydrogen) atoms. The summed E-state index contributed by atoms with van der Waals surface area (Å²) >= 11 is 0. The van der Waals surface area contributed by atoms with Crippen molar-refractivity contribution in [2.75, 3.05) is 19.7 Å². The zero-order chi connectivity index (χ0) is 17.3. The molecule has 3 N–H and O–H groups in total. The highest BCUT2D eigenvalue weighted by Crippen LogP contribution is 2.17. The molecule has 0 spiro atoms. The molecule has 0 radical (unpaired) electrons. The highest BCUT2D eigenvalue weighted by Gasteiger charge is 2.31. The second-order valence-electron chi connectivity index (χ2n) is 7.79. The Hall–Kier alpha value is -0.120. The molecule has 0 aromatic rings. The standard InChI is InChI=1S/C21H44N2O/c1-2-3-4-5-6-7-8-9-10-11-12-13-14-15-16-17-21(20-24)22-18-19-23-21/h22-24H,2-20H2,1H3. The first kappa shape index (κ1) is 21.9. The molecule has 0 aromatic carbocycles. The maximum absolute atomic E-state index is 9.51. The molecule has 0 amide bonds. The second-order valence-corrected chi connectivity index (χ2v) is 7.79. The van der Waals surface area contributed by atoms with Crippen LogP contribution in [0.2, 0.25) is 0 Å². The van der Waals surface area contributed by atoms with Gasteiger partial charge in [-0.2, -0.15) is 0 Å². The van der Waals surface area contributed by atoms with E-state index in [4.69, 9.17) is 0 Å². The molecule has 0 aliphatic carbocycles. The van der Waals surface area contributed by atoms with E-state index in [1.54, 1.807) is 0 Å². The maximum atomic E-state index is 9.51. The van der Waals surface area contributed by atoms with Gasteiger partial charge in [0.15, 0.2) is 0 Å². The van der Waals surface area contributed by atoms with Gasteiger partial charge < -0.3 is 5.11 Å². The fourth-order valence-electron chi connectivity index (χ4n) is 3.83. The monoisotopic (exact) mass is 340 g/mol. The molecule has 0 bridgehead atoms. The summed E-state index contributed by atoms with van der Waals surface area (Å²) in [5.74, 6) is 0. The van der Waals surface area contributed by atoms with Crippen molar-refractivity contribution in [1.29, 1.82) is 0 Å². The van der Waals surface area contributed by atoms with Crippen LogP contribution >= 0.6 is 0 Å². The zero-order valence-electron chi connectivity index (χ0n) is 16.4. The molecule has 3 heteroatoms. The first-order chi connectivity index (χ1) is 11.8. The Balaban J connectivity index is 1.75. The molecular formula is C21H44N2O. The van der Waals surface area contributed by atoms with E-state index in [-0.39, 0.29) is 12.3 Å². The summed E-state index contributed by atoms with van der Waals surface area (Å²) in [6.45, 7) is 4.47. The Morgan fingerprint density at radius 2 is 1.00 bits per heavy atom. The van der Waals surface area contributed by atoms with Crippen LogP contribution in [0.4, 0.5) is 0 Å². The van der Waals surface area contributed by atoms with E-state index >= 15 is 0 Å². The van der Waals surface area contributed by atoms with E-state index in [1.807, 2.05) is 0 Å². The van der Waals surface area contributed by atoms with Gasteiger partial charge in [0.1, 0.15) is 0 Å². The first-order valence-corrected chi connectivity index (χ1v) is 10.9. The zero-order valence-corrected chi connectivity index (χ0v) is 16.4. The Morgan fingerprint density at radius 3 is 1.38 bits per heavy atom. The minimum atomic E-state index is -0.170. The summed E-state index contributed by atoms with van der Waals surface area (Å²) in [6.07, 6.45) is 22.1. The van der Waals surface area contributed by atoms with Gasteiger partial charge in [-0.25, -0.2) is 0 Å². The van der Waals surface area contributed by atoms with E-state index in [0.717, 1.165) is 19.5 Å². The van der Waals surface area contributed by atoms with Gasteiger partial charge in [0.25, 0.3) is 0 Å². The summed E-state index contributed by atoms with van der Waals surface area (Å²) < 4.78 is 0. The van der Waals surface area contributed by atoms with E-state index in [1.165, 1.54) is 96.3 Å². The van der Waals surface area contributed by atoms with Crippen molar-refractivity contribution in [3.05, 3.63) is 0 Å². The summed E-state index contributed by atoms with van der Waals surface area (Å²) in [5, 5.41) is 16.3. The summed E-state index contributed by atoms with van der Waals surface area (Å²) in [4.78, 5) is 0. The van der Waals surface area contributed by atoms with Crippen molar-refractivity contribution in [2.45, 2.75) is 115 Å². The molecule has 144 valence electrons. The molecule has 0 aromatic heterocycles. The summed E-state index contributed by atoms with van der Waals surface area (Å²) in [5.41, 5.74) is -0.170. The number of unbranched alkanes of at least 4 members (excludes halogenated alkanes) is 14. The van der Waals surface area contributed by atoms with Gasteiger partial charge in [0, 0.05) is 13.1 Å². The highest BCUT2D eigenvalue weighted by molar-refractivity contribution is 4.90. The molecule has 1 heterocycles. The summed E-state index contributed by atoms with van der Waals surface area (Å²) in [7, 11) is 0. The van der Waals surface area contributed by atoms with Gasteiger partial charge >= 0.3 is 0 Å². The average molecular weight is 341 g/mol. The lowest BCUT2D eigenvalue weighted by atomic mass is 10.0. The predicted octanol–water partition coefficient (Wildman–Crippen LogP) is 5.13. The Morgan fingerprint density at radius 1 is 0.625 bits per heavy atom. The largest absolute Gasteiger partial charge is 0.393 e. The fourth-order valence-corrected chi connectivity index (χ4v) is 3.83. The number of aliphatic hydroxyl groups excluding tert-OH is 1. The Kier molecular flexibility index (Phi) is 13.8. The van der Waals surface area contributed by atoms with Crippen molar-refractivity contribution in [3.8, 4) is 0 Å². The molecule has 0 saturated carbocycles. The Labute approximate surface area is 151 Å². The van der Waals surface area contributed by atoms with Crippen LogP contribution in [0, 0.1) is 0 Å². The van der Waals surface area contributed by atoms with E-state index < -0.39 is 0 Å². The average Bonchev–Trinajstić information content (AvgIpc) is 3.08. The van der Waals surface area contributed by atoms with Crippen LogP contribution < -0.4 is 10.6 Å². The predicted molar refractivity (Wildman–Crippen MR) is 105 cm³/mol. The fraction of sp³-hybridized carbons (Fsp3) is 1.00. The van der Waals surface area contributed by atoms with Crippen molar-refractivity contribution in [2.24, 2.45) is 0 Å². The first-order valence-electron chi connectivity index (χ1n) is 10.9. The van der Waals surface area contributed by atoms with Gasteiger partial charge in [-0.1, -0.05) is 103 Å². The van der Waals surface area contributed by atoms with Crippen LogP contribution in [0.3, 0.4) is 0 Å². The topological polar surface area (TPSA) is 44.3 Å². The molecule has 0 atom stereocenters. The number of rotatable bonds is 17. The molecular weight excluding hydrogens is 296 g/mol. The summed E-state index contributed by atoms with van der Waals surface area (Å²) in [6, 6.07) is 0. The van der Waals surface area contributed by atoms with Crippen LogP contribution in [-0.4, -0.2) is 30.5 Å². The van der Waals surface area contributed by atoms with Crippen molar-refractivity contribution in [1.82, 2.24) is 10.6 Å². The van der Waals surface area contributed by atoms with Gasteiger partial charge in [0.05, 0.1) is 12.3 Å². The third-order valence-electron chi connectivity index (χ3n) is 5.53. The van der Waals surface area contributed by atoms with Crippen molar-refractivity contribution < 1.29 is 5.11 Å². The lowest BCUT2D eigenvalue weighted by molar-refractivity contribution is 0.148. The lowest BCUT2D eigenvalue weighted by Gasteiger charge is -2.27. The number of aliphatic hydroxyl groups is 1. The van der Waals surface area contributed by atoms with Crippen LogP contribution in [0.5, 0.6) is 0 Å². The van der Waals surface area contributed by atoms with Crippen LogP contribution in [0.25, 0.3) is 0 Å². The van der Waals surface area contributed by atoms with Crippen molar-refractivity contribution >= 4 is 0 Å². The van der Waals surface area contributed by atoms with Gasteiger partial charge in [-0.3, -0.25) is 10.6 Å². The SMILES string of the molecule is CCCCCCCCCCCCCCCCCC1(CO)NCCN1. The lowest BCUT2D eigenvalue weighted by Crippen LogP contribution is -2.52. The Bertz CT molecular complexity index is 265. The van der Waals surface area contributed by atoms with E-state index in [2.05, 4.69) is 17.6 Å². The molecule has 3 nitrogen and oxygen atoms in total.